The molecule has 4 aliphatic rings. The number of amides is 2. The second kappa shape index (κ2) is 10.8. The van der Waals surface area contributed by atoms with E-state index < -0.39 is 0 Å². The minimum Gasteiger partial charge on any atom is -0.494 e. The molecule has 0 radical (unpaired) electrons. The highest BCUT2D eigenvalue weighted by atomic mass is 16.7. The highest BCUT2D eigenvalue weighted by Gasteiger charge is 2.34. The SMILES string of the molecule is COc1cc2c3cc1OCC(=O)NCCCOc1cccc(c1)C2N(C(=O)Cc1ccc2c(c1)OCO2)CC3. The zero-order valence-electron chi connectivity index (χ0n) is 21.7. The maximum atomic E-state index is 13.8. The van der Waals surface area contributed by atoms with Gasteiger partial charge < -0.3 is 33.9 Å². The van der Waals surface area contributed by atoms with Crippen molar-refractivity contribution >= 4 is 11.8 Å². The van der Waals surface area contributed by atoms with E-state index in [1.54, 1.807) is 7.11 Å². The number of carbonyl (C=O) groups is 2. The van der Waals surface area contributed by atoms with Gasteiger partial charge in [-0.1, -0.05) is 18.2 Å². The van der Waals surface area contributed by atoms with Crippen LogP contribution in [0.15, 0.2) is 54.6 Å². The fourth-order valence-electron chi connectivity index (χ4n) is 5.31. The van der Waals surface area contributed by atoms with Gasteiger partial charge in [-0.3, -0.25) is 9.59 Å². The molecule has 39 heavy (non-hydrogen) atoms. The molecule has 3 aromatic rings. The summed E-state index contributed by atoms with van der Waals surface area (Å²) in [5.74, 6) is 2.88. The van der Waals surface area contributed by atoms with Gasteiger partial charge >= 0.3 is 0 Å². The van der Waals surface area contributed by atoms with Crippen LogP contribution in [-0.2, 0) is 22.4 Å². The zero-order valence-corrected chi connectivity index (χ0v) is 21.7. The average Bonchev–Trinajstić information content (AvgIpc) is 3.42. The molecule has 3 aromatic carbocycles. The van der Waals surface area contributed by atoms with Gasteiger partial charge in [-0.25, -0.2) is 0 Å². The summed E-state index contributed by atoms with van der Waals surface area (Å²) in [5.41, 5.74) is 3.81. The number of carbonyl (C=O) groups excluding carboxylic acids is 2. The lowest BCUT2D eigenvalue weighted by Crippen LogP contribution is -2.41. The Balaban J connectivity index is 1.39. The van der Waals surface area contributed by atoms with E-state index in [0.717, 1.165) is 22.3 Å². The molecule has 0 fully saturated rings. The van der Waals surface area contributed by atoms with Crippen molar-refractivity contribution in [3.05, 3.63) is 76.9 Å². The van der Waals surface area contributed by atoms with Crippen LogP contribution in [0.5, 0.6) is 28.7 Å². The van der Waals surface area contributed by atoms with Crippen LogP contribution in [-0.4, -0.2) is 56.9 Å². The number of methoxy groups -OCH3 is 1. The van der Waals surface area contributed by atoms with Crippen LogP contribution in [0, 0.1) is 0 Å². The van der Waals surface area contributed by atoms with Crippen molar-refractivity contribution in [1.82, 2.24) is 10.2 Å². The van der Waals surface area contributed by atoms with Gasteiger partial charge in [-0.05, 0) is 71.5 Å². The summed E-state index contributed by atoms with van der Waals surface area (Å²) in [7, 11) is 1.57. The molecule has 1 N–H and O–H groups in total. The van der Waals surface area contributed by atoms with E-state index in [2.05, 4.69) is 5.32 Å². The Morgan fingerprint density at radius 3 is 2.82 bits per heavy atom. The second-order valence-corrected chi connectivity index (χ2v) is 9.72. The van der Waals surface area contributed by atoms with Crippen LogP contribution in [0.2, 0.25) is 0 Å². The summed E-state index contributed by atoms with van der Waals surface area (Å²) in [6.45, 7) is 1.54. The zero-order chi connectivity index (χ0) is 26.8. The number of benzene rings is 3. The Bertz CT molecular complexity index is 1410. The molecule has 9 nitrogen and oxygen atoms in total. The van der Waals surface area contributed by atoms with Crippen LogP contribution in [0.25, 0.3) is 0 Å². The van der Waals surface area contributed by atoms with Crippen molar-refractivity contribution in [3.63, 3.8) is 0 Å². The molecule has 6 bridgehead atoms. The van der Waals surface area contributed by atoms with E-state index in [9.17, 15) is 9.59 Å². The van der Waals surface area contributed by atoms with Crippen molar-refractivity contribution in [3.8, 4) is 28.7 Å². The lowest BCUT2D eigenvalue weighted by atomic mass is 9.87. The highest BCUT2D eigenvalue weighted by molar-refractivity contribution is 5.81. The molecule has 1 unspecified atom stereocenters. The molecule has 0 saturated heterocycles. The van der Waals surface area contributed by atoms with Gasteiger partial charge in [-0.2, -0.15) is 0 Å². The summed E-state index contributed by atoms with van der Waals surface area (Å²) in [6.07, 6.45) is 1.52. The lowest BCUT2D eigenvalue weighted by Gasteiger charge is -2.38. The quantitative estimate of drug-likeness (QED) is 0.555. The van der Waals surface area contributed by atoms with Crippen molar-refractivity contribution in [2.75, 3.05) is 40.2 Å². The number of rotatable bonds is 3. The van der Waals surface area contributed by atoms with E-state index in [1.165, 1.54) is 0 Å². The Morgan fingerprint density at radius 1 is 1.03 bits per heavy atom. The van der Waals surface area contributed by atoms with Crippen molar-refractivity contribution in [2.45, 2.75) is 25.3 Å². The molecule has 0 aliphatic carbocycles. The first-order valence-corrected chi connectivity index (χ1v) is 13.1. The number of nitrogens with zero attached hydrogens (tertiary/aromatic N) is 1. The molecular weight excluding hydrogens is 500 g/mol. The Labute approximate surface area is 226 Å². The van der Waals surface area contributed by atoms with E-state index in [4.69, 9.17) is 23.7 Å². The monoisotopic (exact) mass is 530 g/mol. The fraction of sp³-hybridized carbons (Fsp3) is 0.333. The summed E-state index contributed by atoms with van der Waals surface area (Å²) in [4.78, 5) is 28.1. The average molecular weight is 531 g/mol. The summed E-state index contributed by atoms with van der Waals surface area (Å²) in [6, 6.07) is 17.0. The lowest BCUT2D eigenvalue weighted by molar-refractivity contribution is -0.132. The smallest absolute Gasteiger partial charge is 0.257 e. The molecule has 4 aliphatic heterocycles. The van der Waals surface area contributed by atoms with Crippen LogP contribution >= 0.6 is 0 Å². The standard InChI is InChI=1S/C30H30N2O7/c1-35-25-16-23-20-8-10-32(29(34)13-19-6-7-24-26(12-19)39-18-38-24)30(23)21-4-2-5-22(14-21)36-11-3-9-31-28(33)17-37-27(25)15-20/h2,4-7,12,14-16,30H,3,8-11,13,17-18H2,1H3,(H,31,33). The molecule has 9 heteroatoms. The molecule has 0 saturated carbocycles. The molecule has 7 rings (SSSR count). The van der Waals surface area contributed by atoms with Gasteiger partial charge in [-0.15, -0.1) is 0 Å². The molecule has 0 spiro atoms. The summed E-state index contributed by atoms with van der Waals surface area (Å²) in [5, 5.41) is 2.85. The van der Waals surface area contributed by atoms with E-state index in [1.807, 2.05) is 59.5 Å². The van der Waals surface area contributed by atoms with E-state index in [0.29, 0.717) is 61.3 Å². The van der Waals surface area contributed by atoms with Gasteiger partial charge in [0, 0.05) is 13.1 Å². The van der Waals surface area contributed by atoms with Crippen LogP contribution in [0.1, 0.15) is 34.7 Å². The van der Waals surface area contributed by atoms with Gasteiger partial charge in [0.2, 0.25) is 12.7 Å². The van der Waals surface area contributed by atoms with Gasteiger partial charge in [0.25, 0.3) is 5.91 Å². The number of fused-ring (bicyclic) bond motifs is 9. The van der Waals surface area contributed by atoms with E-state index >= 15 is 0 Å². The molecule has 202 valence electrons. The summed E-state index contributed by atoms with van der Waals surface area (Å²) < 4.78 is 28.5. The summed E-state index contributed by atoms with van der Waals surface area (Å²) >= 11 is 0. The fourth-order valence-corrected chi connectivity index (χ4v) is 5.31. The third-order valence-corrected chi connectivity index (χ3v) is 7.21. The van der Waals surface area contributed by atoms with E-state index in [-0.39, 0.29) is 37.7 Å². The Hall–Kier alpha value is -4.40. The van der Waals surface area contributed by atoms with Gasteiger partial charge in [0.15, 0.2) is 29.6 Å². The first kappa shape index (κ1) is 24.9. The molecular formula is C30H30N2O7. The van der Waals surface area contributed by atoms with Crippen molar-refractivity contribution in [2.24, 2.45) is 0 Å². The largest absolute Gasteiger partial charge is 0.494 e. The third-order valence-electron chi connectivity index (χ3n) is 7.21. The van der Waals surface area contributed by atoms with Crippen molar-refractivity contribution < 1.29 is 33.3 Å². The van der Waals surface area contributed by atoms with Crippen LogP contribution in [0.4, 0.5) is 0 Å². The normalized spacial score (nSPS) is 18.1. The maximum Gasteiger partial charge on any atom is 0.257 e. The van der Waals surface area contributed by atoms with Gasteiger partial charge in [0.1, 0.15) is 5.75 Å². The minimum absolute atomic E-state index is 0.00112. The van der Waals surface area contributed by atoms with Crippen molar-refractivity contribution in [1.29, 1.82) is 0 Å². The number of hydrogen-bond acceptors (Lipinski definition) is 7. The molecule has 2 amide bonds. The molecule has 4 heterocycles. The Kier molecular flexibility index (Phi) is 6.87. The van der Waals surface area contributed by atoms with Gasteiger partial charge in [0.05, 0.1) is 26.2 Å². The molecule has 0 aromatic heterocycles. The predicted molar refractivity (Wildman–Crippen MR) is 142 cm³/mol. The second-order valence-electron chi connectivity index (χ2n) is 9.72. The third kappa shape index (κ3) is 5.16. The van der Waals surface area contributed by atoms with Crippen LogP contribution in [0.3, 0.4) is 0 Å². The Morgan fingerprint density at radius 2 is 1.92 bits per heavy atom. The highest BCUT2D eigenvalue weighted by Crippen LogP contribution is 2.42. The maximum absolute atomic E-state index is 13.8. The topological polar surface area (TPSA) is 95.6 Å². The molecule has 1 atom stereocenters. The predicted octanol–water partition coefficient (Wildman–Crippen LogP) is 3.42. The first-order chi connectivity index (χ1) is 19.1. The minimum atomic E-state index is -0.349. The number of nitrogens with one attached hydrogen (secondary N) is 1. The number of hydrogen-bond donors (Lipinski definition) is 1. The van der Waals surface area contributed by atoms with Crippen LogP contribution < -0.4 is 29.0 Å². The first-order valence-electron chi connectivity index (χ1n) is 13.1. The number of ether oxygens (including phenoxy) is 5.